The molecule has 8 aromatic heterocycles. The quantitative estimate of drug-likeness (QED) is 0.0123. The fourth-order valence-corrected chi connectivity index (χ4v) is 20.8. The number of hydrogen-bond acceptors (Lipinski definition) is 36. The summed E-state index contributed by atoms with van der Waals surface area (Å²) in [5.74, 6) is -1.02. The predicted octanol–water partition coefficient (Wildman–Crippen LogP) is 9.81. The Kier molecular flexibility index (Phi) is 28.4. The highest BCUT2D eigenvalue weighted by atomic mass is 31.2. The van der Waals surface area contributed by atoms with E-state index in [1.807, 2.05) is 144 Å². The number of nitrogens with zero attached hydrogens (tertiary/aromatic N) is 12. The molecule has 0 aliphatic carbocycles. The van der Waals surface area contributed by atoms with Gasteiger partial charge in [-0.25, -0.2) is 59.2 Å². The summed E-state index contributed by atoms with van der Waals surface area (Å²) in [6, 6.07) is 32.6. The lowest BCUT2D eigenvalue weighted by Gasteiger charge is -2.31. The number of aliphatic hydroxyl groups is 6. The molecule has 14 heterocycles. The molecular weight excluding hydrogens is 1780 g/mol. The molecule has 0 amide bonds. The average molecular weight is 1900 g/mol. The third kappa shape index (κ3) is 19.6. The van der Waals surface area contributed by atoms with Crippen LogP contribution in [0.25, 0.3) is 65.7 Å². The van der Waals surface area contributed by atoms with Crippen LogP contribution in [0.15, 0.2) is 159 Å². The molecule has 12 aromatic rings. The van der Waals surface area contributed by atoms with Crippen LogP contribution in [-0.2, 0) is 75.1 Å². The number of carbonyl (C=O) groups is 2. The molecule has 6 saturated heterocycles. The van der Waals surface area contributed by atoms with Gasteiger partial charge in [-0.3, -0.25) is 18.6 Å². The van der Waals surface area contributed by atoms with Crippen molar-refractivity contribution in [2.75, 3.05) is 49.2 Å². The molecule has 16 N–H and O–H groups in total. The molecular formula is C90H116N18O24P2. The minimum atomic E-state index is -4.31. The van der Waals surface area contributed by atoms with Gasteiger partial charge in [0.25, 0.3) is 0 Å². The van der Waals surface area contributed by atoms with Gasteiger partial charge in [-0.15, -0.1) is 0 Å². The molecule has 0 spiro atoms. The number of hydrogen-bond donors (Lipinski definition) is 12. The van der Waals surface area contributed by atoms with Crippen molar-refractivity contribution in [3.63, 3.8) is 0 Å². The van der Waals surface area contributed by atoms with Crippen molar-refractivity contribution in [1.29, 1.82) is 0 Å². The highest BCUT2D eigenvalue weighted by Gasteiger charge is 2.68. The maximum atomic E-state index is 14.5. The summed E-state index contributed by atoms with van der Waals surface area (Å²) < 4.78 is 120. The largest absolute Gasteiger partial charge is 0.465 e. The number of carbonyl (C=O) groups excluding carboxylic acids is 2. The first kappa shape index (κ1) is 97.9. The Morgan fingerprint density at radius 1 is 0.440 bits per heavy atom. The van der Waals surface area contributed by atoms with Gasteiger partial charge in [-0.05, 0) is 143 Å². The Bertz CT molecular complexity index is 6310. The summed E-state index contributed by atoms with van der Waals surface area (Å²) in [6.45, 7) is 24.1. The lowest BCUT2D eigenvalue weighted by Crippen LogP contribution is -2.46. The van der Waals surface area contributed by atoms with Gasteiger partial charge < -0.3 is 128 Å². The lowest BCUT2D eigenvalue weighted by molar-refractivity contribution is -0.221. The molecule has 4 aromatic carbocycles. The van der Waals surface area contributed by atoms with Gasteiger partial charge in [0.15, 0.2) is 36.5 Å². The van der Waals surface area contributed by atoms with Crippen LogP contribution in [0.1, 0.15) is 148 Å². The Labute approximate surface area is 770 Å². The number of unbranched alkanes of at least 4 members (excludes halogenated alkanes) is 2. The van der Waals surface area contributed by atoms with E-state index in [4.69, 9.17) is 88.4 Å². The van der Waals surface area contributed by atoms with Crippen LogP contribution < -0.4 is 42.2 Å². The molecule has 0 saturated carbocycles. The van der Waals surface area contributed by atoms with E-state index in [2.05, 4.69) is 50.0 Å². The monoisotopic (exact) mass is 1890 g/mol. The highest BCUT2D eigenvalue weighted by Crippen LogP contribution is 2.58. The number of esters is 2. The van der Waals surface area contributed by atoms with Gasteiger partial charge in [-0.1, -0.05) is 99.5 Å². The average Bonchev–Trinajstić information content (AvgIpc) is 1.55. The van der Waals surface area contributed by atoms with Gasteiger partial charge in [-0.2, -0.15) is 0 Å². The first-order chi connectivity index (χ1) is 63.5. The molecule has 42 nitrogen and oxygen atoms in total. The number of fused-ring (bicyclic) bond motifs is 8. The molecule has 18 rings (SSSR count). The highest BCUT2D eigenvalue weighted by molar-refractivity contribution is 7.52. The van der Waals surface area contributed by atoms with E-state index in [0.717, 1.165) is 40.8 Å². The topological polar surface area (TPSA) is 570 Å². The van der Waals surface area contributed by atoms with Crippen LogP contribution in [0.3, 0.4) is 0 Å². The van der Waals surface area contributed by atoms with Gasteiger partial charge in [0.1, 0.15) is 167 Å². The first-order valence-electron chi connectivity index (χ1n) is 44.1. The van der Waals surface area contributed by atoms with Crippen molar-refractivity contribution in [3.05, 3.63) is 159 Å². The van der Waals surface area contributed by atoms with Crippen LogP contribution in [0, 0.1) is 0 Å². The third-order valence-corrected chi connectivity index (χ3v) is 27.6. The summed E-state index contributed by atoms with van der Waals surface area (Å²) in [7, 11) is -8.54. The molecule has 44 heteroatoms. The SMILES string of the molecule is CCCCOC(=O)CNP(=O)(Oc1cccc2ccccc12)O[C@H](C)[C@H]1O[C@@H](n2ccc3c(N)ncnc32)[C@](C)(O)[C@@H]1O.CCCCOC(=O)CNP(=O)(Oc1cccc2ccccc12)O[C@H](C)[C@H]1O[C@@H](n2ccc3c(N)ncnc32)[C@]2(C)OC(C)(C)O[C@H]12.C[C@@H](O)[C@H]1O[C@@H](n2ccc3c(N)ncnc32)[C@](C)(O)[C@@H]1O.C[C@@H](O)[C@H]1O[C@@H](n2ccc3c(N)ncnc32)[C@]2(C)OC(C)(C)O[C@H]12. The maximum Gasteiger partial charge on any atom is 0.459 e. The number of nitrogen functional groups attached to an aromatic ring is 4. The lowest BCUT2D eigenvalue weighted by atomic mass is 9.94. The molecule has 134 heavy (non-hydrogen) atoms. The van der Waals surface area contributed by atoms with Crippen LogP contribution in [0.4, 0.5) is 23.3 Å². The number of nitrogens with one attached hydrogen (secondary N) is 2. The van der Waals surface area contributed by atoms with E-state index in [0.29, 0.717) is 73.8 Å². The smallest absolute Gasteiger partial charge is 0.459 e. The number of ether oxygens (including phenoxy) is 10. The minimum absolute atomic E-state index is 0.228. The first-order valence-corrected chi connectivity index (χ1v) is 47.2. The number of anilines is 4. The second kappa shape index (κ2) is 38.9. The third-order valence-electron chi connectivity index (χ3n) is 24.4. The maximum absolute atomic E-state index is 14.5. The zero-order valence-corrected chi connectivity index (χ0v) is 78.3. The number of nitrogens with two attached hydrogens (primary N) is 4. The fourth-order valence-electron chi connectivity index (χ4n) is 17.8. The van der Waals surface area contributed by atoms with E-state index in [9.17, 15) is 49.4 Å². The second-order valence-electron chi connectivity index (χ2n) is 35.5. The number of aromatic nitrogens is 12. The van der Waals surface area contributed by atoms with Crippen molar-refractivity contribution in [2.45, 2.75) is 255 Å². The van der Waals surface area contributed by atoms with Gasteiger partial charge in [0, 0.05) is 35.6 Å². The number of benzene rings is 4. The van der Waals surface area contributed by atoms with E-state index in [-0.39, 0.29) is 24.8 Å². The molecule has 22 atom stereocenters. The summed E-state index contributed by atoms with van der Waals surface area (Å²) in [5, 5.41) is 74.2. The second-order valence-corrected chi connectivity index (χ2v) is 38.9. The molecule has 0 bridgehead atoms. The van der Waals surface area contributed by atoms with Gasteiger partial charge >= 0.3 is 27.4 Å². The zero-order valence-electron chi connectivity index (χ0n) is 76.5. The van der Waals surface area contributed by atoms with E-state index >= 15 is 0 Å². The van der Waals surface area contributed by atoms with Crippen molar-refractivity contribution < 1.29 is 115 Å². The minimum Gasteiger partial charge on any atom is -0.465 e. The molecule has 6 fully saturated rings. The number of rotatable bonds is 28. The van der Waals surface area contributed by atoms with E-state index < -0.39 is 173 Å². The van der Waals surface area contributed by atoms with Gasteiger partial charge in [0.2, 0.25) is 0 Å². The molecule has 2 unspecified atom stereocenters. The number of aliphatic hydroxyl groups excluding tert-OH is 4. The van der Waals surface area contributed by atoms with Crippen molar-refractivity contribution in [3.8, 4) is 11.5 Å². The Morgan fingerprint density at radius 3 is 1.13 bits per heavy atom. The molecule has 0 radical (unpaired) electrons. The van der Waals surface area contributed by atoms with Crippen molar-refractivity contribution >= 4 is 116 Å². The Hall–Kier alpha value is -10.6. The van der Waals surface area contributed by atoms with Crippen LogP contribution >= 0.6 is 15.5 Å². The zero-order chi connectivity index (χ0) is 96.1. The standard InChI is InChI=1S/C32H40N5O8P.C29H36N5O8P.C16H22N4O4.C13H18N4O4/c1-6-7-17-40-25(38)18-36-46(39,44-24-14-10-12-21-11-8-9-13-22(21)24)43-20(2)26-27-32(5,45-31(3,4)42-27)30(41-26)37-16-15-23-28(33)34-19-35-29(23)37;1-4-5-15-39-23(35)16-33-43(38,42-22-12-8-10-19-9-6-7-11-20(19)22)41-18(2)24-25(36)29(3,37)28(40-24)34-14-13-21-26(30)31-17-32-27(21)34;1-8(21)10-11-16(4,24-15(2,3)23-11)14(22-10)20-6-5-9-12(17)18-7-19-13(9)20;1-6(18)8-9(19)13(2,20)12(21-8)17-4-3-7-10(14)15-5-16-11(7)17/h8-16,19-20,26-27,30H,6-7,17-18H2,1-5H3,(H,36,39)(H2,33,34,35);6-14,17-18,24-25,28,36-37H,4-5,15-16H2,1-3H3,(H,33,38)(H2,30,31,32);5-8,10-11,14,21H,1-4H3,(H2,17,18,19);3-6,8-9,12,18-20H,1-2H3,(H2,14,15,16)/t20-,26-,27-,30-,32-,46?;18-,24-,25-,28-,29-,43?;8-,10-,11-,14-,16-;6-,8-,9-,12-,13-/m1111/s1. The van der Waals surface area contributed by atoms with Crippen molar-refractivity contribution in [2.24, 2.45) is 0 Å². The van der Waals surface area contributed by atoms with Crippen LogP contribution in [-0.4, -0.2) is 234 Å². The Morgan fingerprint density at radius 2 is 0.761 bits per heavy atom. The molecule has 720 valence electrons. The van der Waals surface area contributed by atoms with Crippen LogP contribution in [0.2, 0.25) is 0 Å². The van der Waals surface area contributed by atoms with Crippen molar-refractivity contribution in [1.82, 2.24) is 68.3 Å². The summed E-state index contributed by atoms with van der Waals surface area (Å²) in [5.41, 5.74) is 20.7. The fraction of sp³-hybridized carbons (Fsp3) is 0.489. The summed E-state index contributed by atoms with van der Waals surface area (Å²) in [6.07, 6.45) is 1.59. The summed E-state index contributed by atoms with van der Waals surface area (Å²) in [4.78, 5) is 58.1. The summed E-state index contributed by atoms with van der Waals surface area (Å²) >= 11 is 0. The predicted molar refractivity (Wildman–Crippen MR) is 490 cm³/mol. The Balaban J connectivity index is 0.000000143. The van der Waals surface area contributed by atoms with Crippen LogP contribution in [0.5, 0.6) is 11.5 Å². The normalized spacial score (nSPS) is 28.4. The molecule has 6 aliphatic rings. The van der Waals surface area contributed by atoms with E-state index in [1.54, 1.807) is 77.8 Å². The molecule has 6 aliphatic heterocycles. The van der Waals surface area contributed by atoms with Gasteiger partial charge in [0.05, 0.1) is 59.2 Å². The van der Waals surface area contributed by atoms with E-state index in [1.165, 1.54) is 53.0 Å².